The average Bonchev–Trinajstić information content (AvgIpc) is 2.95. The van der Waals surface area contributed by atoms with Crippen LogP contribution >= 0.6 is 11.8 Å². The fourth-order valence-corrected chi connectivity index (χ4v) is 3.72. The number of thioether (sulfide) groups is 1. The Morgan fingerprint density at radius 3 is 2.29 bits per heavy atom. The van der Waals surface area contributed by atoms with Gasteiger partial charge >= 0.3 is 0 Å². The third-order valence-electron chi connectivity index (χ3n) is 4.65. The fraction of sp³-hybridized carbons (Fsp3) is 0.304. The standard InChI is InChI=1S/C23H27N3OS/c1-16-22(17(2)26(25-16)19-9-7-6-8-10-19)24-21(27)15-28-20-13-11-18(12-14-20)23(3,4)5/h6-14H,15H2,1-5H3,(H,24,27). The lowest BCUT2D eigenvalue weighted by molar-refractivity contribution is -0.113. The van der Waals surface area contributed by atoms with Gasteiger partial charge in [-0.15, -0.1) is 11.8 Å². The zero-order valence-corrected chi connectivity index (χ0v) is 17.9. The summed E-state index contributed by atoms with van der Waals surface area (Å²) in [4.78, 5) is 13.6. The molecule has 3 rings (SSSR count). The summed E-state index contributed by atoms with van der Waals surface area (Å²) in [5.41, 5.74) is 4.94. The first-order chi connectivity index (χ1) is 13.3. The quantitative estimate of drug-likeness (QED) is 0.581. The number of anilines is 1. The lowest BCUT2D eigenvalue weighted by Crippen LogP contribution is -2.15. The van der Waals surface area contributed by atoms with Crippen LogP contribution in [0.2, 0.25) is 0 Å². The van der Waals surface area contributed by atoms with E-state index >= 15 is 0 Å². The first-order valence-electron chi connectivity index (χ1n) is 9.40. The van der Waals surface area contributed by atoms with E-state index in [2.05, 4.69) is 55.5 Å². The van der Waals surface area contributed by atoms with Crippen molar-refractivity contribution in [1.29, 1.82) is 0 Å². The summed E-state index contributed by atoms with van der Waals surface area (Å²) in [5.74, 6) is 0.341. The Balaban J connectivity index is 1.65. The summed E-state index contributed by atoms with van der Waals surface area (Å²) in [6.07, 6.45) is 0. The highest BCUT2D eigenvalue weighted by Gasteiger charge is 2.16. The van der Waals surface area contributed by atoms with Gasteiger partial charge in [0.1, 0.15) is 0 Å². The molecule has 146 valence electrons. The van der Waals surface area contributed by atoms with Gasteiger partial charge in [0.2, 0.25) is 5.91 Å². The lowest BCUT2D eigenvalue weighted by Gasteiger charge is -2.19. The van der Waals surface area contributed by atoms with Crippen molar-refractivity contribution in [2.24, 2.45) is 0 Å². The molecule has 0 unspecified atom stereocenters. The van der Waals surface area contributed by atoms with Crippen molar-refractivity contribution in [3.63, 3.8) is 0 Å². The predicted octanol–water partition coefficient (Wildman–Crippen LogP) is 5.52. The van der Waals surface area contributed by atoms with Crippen LogP contribution in [-0.2, 0) is 10.2 Å². The van der Waals surface area contributed by atoms with Crippen molar-refractivity contribution in [3.05, 3.63) is 71.5 Å². The van der Waals surface area contributed by atoms with Gasteiger partial charge in [0.25, 0.3) is 0 Å². The van der Waals surface area contributed by atoms with Gasteiger partial charge in [-0.25, -0.2) is 4.68 Å². The lowest BCUT2D eigenvalue weighted by atomic mass is 9.87. The van der Waals surface area contributed by atoms with Gasteiger partial charge in [-0.1, -0.05) is 51.1 Å². The molecular formula is C23H27N3OS. The van der Waals surface area contributed by atoms with Gasteiger partial charge in [-0.3, -0.25) is 4.79 Å². The SMILES string of the molecule is Cc1nn(-c2ccccc2)c(C)c1NC(=O)CSc1ccc(C(C)(C)C)cc1. The van der Waals surface area contributed by atoms with Crippen LogP contribution in [0.4, 0.5) is 5.69 Å². The Morgan fingerprint density at radius 1 is 1.04 bits per heavy atom. The van der Waals surface area contributed by atoms with E-state index in [1.54, 1.807) is 11.8 Å². The number of hydrogen-bond donors (Lipinski definition) is 1. The summed E-state index contributed by atoms with van der Waals surface area (Å²) >= 11 is 1.54. The summed E-state index contributed by atoms with van der Waals surface area (Å²) < 4.78 is 1.86. The second-order valence-corrected chi connectivity index (χ2v) is 8.95. The maximum Gasteiger partial charge on any atom is 0.234 e. The minimum Gasteiger partial charge on any atom is -0.322 e. The summed E-state index contributed by atoms with van der Waals surface area (Å²) in [7, 11) is 0. The second kappa shape index (κ2) is 8.23. The third kappa shape index (κ3) is 4.65. The molecule has 1 heterocycles. The molecule has 0 saturated carbocycles. The first kappa shape index (κ1) is 20.2. The molecule has 0 aliphatic carbocycles. The van der Waals surface area contributed by atoms with Gasteiger partial charge in [0.15, 0.2) is 0 Å². The number of benzene rings is 2. The smallest absolute Gasteiger partial charge is 0.234 e. The van der Waals surface area contributed by atoms with E-state index in [9.17, 15) is 4.79 Å². The van der Waals surface area contributed by atoms with E-state index < -0.39 is 0 Å². The number of aromatic nitrogens is 2. The second-order valence-electron chi connectivity index (χ2n) is 7.90. The number of nitrogens with zero attached hydrogens (tertiary/aromatic N) is 2. The van der Waals surface area contributed by atoms with E-state index in [-0.39, 0.29) is 11.3 Å². The molecule has 0 radical (unpaired) electrons. The molecule has 0 aliphatic rings. The summed E-state index contributed by atoms with van der Waals surface area (Å²) in [5, 5.41) is 7.61. The van der Waals surface area contributed by atoms with Crippen molar-refractivity contribution in [2.75, 3.05) is 11.1 Å². The number of rotatable bonds is 5. The molecular weight excluding hydrogens is 366 g/mol. The van der Waals surface area contributed by atoms with E-state index in [1.807, 2.05) is 48.9 Å². The van der Waals surface area contributed by atoms with Crippen LogP contribution in [-0.4, -0.2) is 21.4 Å². The number of para-hydroxylation sites is 1. The molecule has 3 aromatic rings. The Labute approximate surface area is 171 Å². The monoisotopic (exact) mass is 393 g/mol. The zero-order chi connectivity index (χ0) is 20.3. The van der Waals surface area contributed by atoms with E-state index in [0.29, 0.717) is 5.75 Å². The van der Waals surface area contributed by atoms with E-state index in [1.165, 1.54) is 5.56 Å². The Morgan fingerprint density at radius 2 is 1.68 bits per heavy atom. The maximum atomic E-state index is 12.5. The van der Waals surface area contributed by atoms with Crippen LogP contribution in [0, 0.1) is 13.8 Å². The number of amides is 1. The highest BCUT2D eigenvalue weighted by Crippen LogP contribution is 2.26. The molecule has 1 N–H and O–H groups in total. The first-order valence-corrected chi connectivity index (χ1v) is 10.4. The van der Waals surface area contributed by atoms with Crippen molar-refractivity contribution in [2.45, 2.75) is 44.9 Å². The number of nitrogens with one attached hydrogen (secondary N) is 1. The normalized spacial score (nSPS) is 11.5. The molecule has 0 bridgehead atoms. The number of aryl methyl sites for hydroxylation is 1. The molecule has 5 heteroatoms. The van der Waals surface area contributed by atoms with Crippen molar-refractivity contribution < 1.29 is 4.79 Å². The van der Waals surface area contributed by atoms with Crippen molar-refractivity contribution >= 4 is 23.4 Å². The highest BCUT2D eigenvalue weighted by molar-refractivity contribution is 8.00. The van der Waals surface area contributed by atoms with Gasteiger partial charge in [-0.05, 0) is 49.1 Å². The zero-order valence-electron chi connectivity index (χ0n) is 17.1. The highest BCUT2D eigenvalue weighted by atomic mass is 32.2. The molecule has 0 fully saturated rings. The number of carbonyl (C=O) groups excluding carboxylic acids is 1. The van der Waals surface area contributed by atoms with E-state index in [0.717, 1.165) is 27.7 Å². The van der Waals surface area contributed by atoms with E-state index in [4.69, 9.17) is 0 Å². The Hall–Kier alpha value is -2.53. The van der Waals surface area contributed by atoms with Crippen molar-refractivity contribution in [1.82, 2.24) is 9.78 Å². The van der Waals surface area contributed by atoms with Gasteiger partial charge in [0.05, 0.1) is 28.5 Å². The van der Waals surface area contributed by atoms with Gasteiger partial charge < -0.3 is 5.32 Å². The molecule has 0 aliphatic heterocycles. The number of hydrogen-bond acceptors (Lipinski definition) is 3. The minimum absolute atomic E-state index is 0.0243. The predicted molar refractivity (Wildman–Crippen MR) is 118 cm³/mol. The number of carbonyl (C=O) groups is 1. The maximum absolute atomic E-state index is 12.5. The molecule has 0 spiro atoms. The molecule has 0 atom stereocenters. The van der Waals surface area contributed by atoms with Crippen LogP contribution in [0.1, 0.15) is 37.7 Å². The molecule has 1 amide bonds. The summed E-state index contributed by atoms with van der Waals surface area (Å²) in [6, 6.07) is 18.4. The summed E-state index contributed by atoms with van der Waals surface area (Å²) in [6.45, 7) is 10.5. The van der Waals surface area contributed by atoms with Crippen LogP contribution in [0.15, 0.2) is 59.5 Å². The molecule has 28 heavy (non-hydrogen) atoms. The molecule has 1 aromatic heterocycles. The Bertz CT molecular complexity index is 954. The topological polar surface area (TPSA) is 46.9 Å². The van der Waals surface area contributed by atoms with Crippen LogP contribution in [0.25, 0.3) is 5.69 Å². The van der Waals surface area contributed by atoms with Crippen LogP contribution < -0.4 is 5.32 Å². The van der Waals surface area contributed by atoms with Crippen LogP contribution in [0.5, 0.6) is 0 Å². The van der Waals surface area contributed by atoms with Gasteiger partial charge in [-0.2, -0.15) is 5.10 Å². The van der Waals surface area contributed by atoms with Crippen LogP contribution in [0.3, 0.4) is 0 Å². The van der Waals surface area contributed by atoms with Gasteiger partial charge in [0, 0.05) is 4.90 Å². The fourth-order valence-electron chi connectivity index (χ4n) is 3.02. The Kier molecular flexibility index (Phi) is 5.94. The minimum atomic E-state index is -0.0243. The average molecular weight is 394 g/mol. The largest absolute Gasteiger partial charge is 0.322 e. The van der Waals surface area contributed by atoms with Crippen molar-refractivity contribution in [3.8, 4) is 5.69 Å². The molecule has 0 saturated heterocycles. The molecule has 2 aromatic carbocycles. The third-order valence-corrected chi connectivity index (χ3v) is 5.66. The molecule has 4 nitrogen and oxygen atoms in total.